The average molecular weight is 399 g/mol. The Morgan fingerprint density at radius 2 is 0.700 bits per heavy atom. The molecule has 0 heteroatoms. The molecule has 0 heterocycles. The van der Waals surface area contributed by atoms with Gasteiger partial charge in [-0.3, -0.25) is 0 Å². The van der Waals surface area contributed by atoms with Gasteiger partial charge in [-0.15, -0.1) is 0 Å². The van der Waals surface area contributed by atoms with Gasteiger partial charge < -0.3 is 0 Å². The van der Waals surface area contributed by atoms with Gasteiger partial charge in [0, 0.05) is 0 Å². The Morgan fingerprint density at radius 1 is 0.367 bits per heavy atom. The zero-order valence-electron chi connectivity index (χ0n) is 20.7. The smallest absolute Gasteiger partial charge is 0.0178 e. The SMILES string of the molecule is Cc1cc(-c2cc(C)c(CCc3c(C)c(C)c(C)c(C)c3C)c(C)c2)cc(C)c1C. The summed E-state index contributed by atoms with van der Waals surface area (Å²) in [5.74, 6) is 0. The van der Waals surface area contributed by atoms with E-state index in [4.69, 9.17) is 0 Å². The molecule has 0 nitrogen and oxygen atoms in total. The van der Waals surface area contributed by atoms with Crippen molar-refractivity contribution in [3.63, 3.8) is 0 Å². The van der Waals surface area contributed by atoms with Crippen LogP contribution in [0.1, 0.15) is 66.8 Å². The fourth-order valence-electron chi connectivity index (χ4n) is 4.96. The fraction of sp³-hybridized carbons (Fsp3) is 0.400. The highest BCUT2D eigenvalue weighted by molar-refractivity contribution is 5.68. The van der Waals surface area contributed by atoms with Gasteiger partial charge in [0.25, 0.3) is 0 Å². The van der Waals surface area contributed by atoms with Crippen molar-refractivity contribution in [2.45, 2.75) is 82.1 Å². The summed E-state index contributed by atoms with van der Waals surface area (Å²) < 4.78 is 0. The zero-order chi connectivity index (χ0) is 22.3. The van der Waals surface area contributed by atoms with E-state index in [0.29, 0.717) is 0 Å². The molecule has 3 aromatic rings. The van der Waals surface area contributed by atoms with Gasteiger partial charge in [0.05, 0.1) is 0 Å². The van der Waals surface area contributed by atoms with Crippen LogP contribution in [0.15, 0.2) is 24.3 Å². The topological polar surface area (TPSA) is 0 Å². The zero-order valence-corrected chi connectivity index (χ0v) is 20.7. The van der Waals surface area contributed by atoms with Crippen molar-refractivity contribution in [3.8, 4) is 11.1 Å². The van der Waals surface area contributed by atoms with Crippen LogP contribution in [0.25, 0.3) is 11.1 Å². The molecule has 0 bridgehead atoms. The van der Waals surface area contributed by atoms with E-state index in [2.05, 4.69) is 93.5 Å². The minimum atomic E-state index is 1.10. The monoisotopic (exact) mass is 398 g/mol. The second kappa shape index (κ2) is 8.42. The Kier molecular flexibility index (Phi) is 6.27. The maximum absolute atomic E-state index is 2.39. The maximum Gasteiger partial charge on any atom is -0.0178 e. The molecule has 0 radical (unpaired) electrons. The highest BCUT2D eigenvalue weighted by Gasteiger charge is 2.14. The molecule has 0 saturated heterocycles. The quantitative estimate of drug-likeness (QED) is 0.415. The van der Waals surface area contributed by atoms with E-state index < -0.39 is 0 Å². The van der Waals surface area contributed by atoms with Gasteiger partial charge in [0.2, 0.25) is 0 Å². The average Bonchev–Trinajstić information content (AvgIpc) is 2.70. The summed E-state index contributed by atoms with van der Waals surface area (Å²) in [5.41, 5.74) is 20.0. The van der Waals surface area contributed by atoms with Crippen molar-refractivity contribution >= 4 is 0 Å². The van der Waals surface area contributed by atoms with Crippen LogP contribution in [-0.4, -0.2) is 0 Å². The summed E-state index contributed by atoms with van der Waals surface area (Å²) in [4.78, 5) is 0. The minimum Gasteiger partial charge on any atom is -0.0512 e. The Bertz CT molecular complexity index is 1050. The van der Waals surface area contributed by atoms with E-state index in [1.165, 1.54) is 72.3 Å². The van der Waals surface area contributed by atoms with Gasteiger partial charge in [-0.1, -0.05) is 24.3 Å². The first-order chi connectivity index (χ1) is 14.0. The van der Waals surface area contributed by atoms with Crippen molar-refractivity contribution in [1.82, 2.24) is 0 Å². The number of aryl methyl sites for hydroxylation is 4. The van der Waals surface area contributed by atoms with Gasteiger partial charge in [-0.2, -0.15) is 0 Å². The van der Waals surface area contributed by atoms with Crippen molar-refractivity contribution in [2.75, 3.05) is 0 Å². The first-order valence-electron chi connectivity index (χ1n) is 11.3. The molecule has 0 unspecified atom stereocenters. The van der Waals surface area contributed by atoms with E-state index in [9.17, 15) is 0 Å². The van der Waals surface area contributed by atoms with Crippen molar-refractivity contribution in [1.29, 1.82) is 0 Å². The van der Waals surface area contributed by atoms with Gasteiger partial charge in [0.15, 0.2) is 0 Å². The van der Waals surface area contributed by atoms with E-state index in [1.807, 2.05) is 0 Å². The molecule has 3 aromatic carbocycles. The third-order valence-corrected chi connectivity index (χ3v) is 7.74. The molecule has 0 N–H and O–H groups in total. The normalized spacial score (nSPS) is 11.3. The van der Waals surface area contributed by atoms with Crippen LogP contribution in [0.4, 0.5) is 0 Å². The predicted octanol–water partition coefficient (Wildman–Crippen LogP) is 8.22. The Labute approximate surface area is 184 Å². The highest BCUT2D eigenvalue weighted by Crippen LogP contribution is 2.31. The van der Waals surface area contributed by atoms with Crippen molar-refractivity contribution < 1.29 is 0 Å². The molecule has 0 saturated carbocycles. The molecular formula is C30H38. The van der Waals surface area contributed by atoms with Gasteiger partial charge in [-0.25, -0.2) is 0 Å². The van der Waals surface area contributed by atoms with Crippen molar-refractivity contribution in [3.05, 3.63) is 91.0 Å². The van der Waals surface area contributed by atoms with E-state index >= 15 is 0 Å². The van der Waals surface area contributed by atoms with Gasteiger partial charge in [-0.05, 0) is 160 Å². The number of hydrogen-bond donors (Lipinski definition) is 0. The van der Waals surface area contributed by atoms with Gasteiger partial charge >= 0.3 is 0 Å². The van der Waals surface area contributed by atoms with Crippen LogP contribution in [0, 0.1) is 69.2 Å². The van der Waals surface area contributed by atoms with E-state index in [0.717, 1.165) is 12.8 Å². The lowest BCUT2D eigenvalue weighted by Crippen LogP contribution is -2.06. The Balaban J connectivity index is 1.95. The third-order valence-electron chi connectivity index (χ3n) is 7.74. The molecule has 3 rings (SSSR count). The second-order valence-corrected chi connectivity index (χ2v) is 9.43. The minimum absolute atomic E-state index is 1.10. The summed E-state index contributed by atoms with van der Waals surface area (Å²) in [5, 5.41) is 0. The molecule has 0 aliphatic carbocycles. The molecule has 0 amide bonds. The Hall–Kier alpha value is -2.34. The second-order valence-electron chi connectivity index (χ2n) is 9.43. The first kappa shape index (κ1) is 22.3. The number of rotatable bonds is 4. The Morgan fingerprint density at radius 3 is 1.13 bits per heavy atom. The molecule has 0 aliphatic rings. The summed E-state index contributed by atoms with van der Waals surface area (Å²) in [6.45, 7) is 22.6. The van der Waals surface area contributed by atoms with Crippen LogP contribution in [0.5, 0.6) is 0 Å². The molecule has 0 fully saturated rings. The molecule has 158 valence electrons. The number of hydrogen-bond acceptors (Lipinski definition) is 0. The first-order valence-corrected chi connectivity index (χ1v) is 11.3. The maximum atomic E-state index is 2.39. The summed E-state index contributed by atoms with van der Waals surface area (Å²) in [7, 11) is 0. The molecule has 0 spiro atoms. The summed E-state index contributed by atoms with van der Waals surface area (Å²) >= 11 is 0. The number of benzene rings is 3. The lowest BCUT2D eigenvalue weighted by Gasteiger charge is -2.20. The molecule has 0 aromatic heterocycles. The van der Waals surface area contributed by atoms with Crippen molar-refractivity contribution in [2.24, 2.45) is 0 Å². The van der Waals surface area contributed by atoms with E-state index in [-0.39, 0.29) is 0 Å². The standard InChI is InChI=1S/C30H38/c1-17-13-27(14-18(2)21(17)5)28-15-19(3)29(20(4)16-28)11-12-30-25(9)23(7)22(6)24(8)26(30)10/h13-16H,11-12H2,1-10H3. The van der Waals surface area contributed by atoms with Gasteiger partial charge in [0.1, 0.15) is 0 Å². The van der Waals surface area contributed by atoms with Crippen LogP contribution in [0.2, 0.25) is 0 Å². The summed E-state index contributed by atoms with van der Waals surface area (Å²) in [6, 6.07) is 9.44. The molecular weight excluding hydrogens is 360 g/mol. The van der Waals surface area contributed by atoms with Crippen LogP contribution < -0.4 is 0 Å². The largest absolute Gasteiger partial charge is 0.0512 e. The van der Waals surface area contributed by atoms with Crippen LogP contribution in [0.3, 0.4) is 0 Å². The molecule has 0 aliphatic heterocycles. The van der Waals surface area contributed by atoms with Crippen LogP contribution in [-0.2, 0) is 12.8 Å². The summed E-state index contributed by atoms with van der Waals surface area (Å²) in [6.07, 6.45) is 2.22. The van der Waals surface area contributed by atoms with E-state index in [1.54, 1.807) is 5.56 Å². The lowest BCUT2D eigenvalue weighted by atomic mass is 9.85. The molecule has 30 heavy (non-hydrogen) atoms. The predicted molar refractivity (Wildman–Crippen MR) is 133 cm³/mol. The fourth-order valence-corrected chi connectivity index (χ4v) is 4.96. The lowest BCUT2D eigenvalue weighted by molar-refractivity contribution is 0.908. The molecule has 0 atom stereocenters. The van der Waals surface area contributed by atoms with Crippen LogP contribution >= 0.6 is 0 Å². The third kappa shape index (κ3) is 3.97. The highest BCUT2D eigenvalue weighted by atomic mass is 14.2.